The first kappa shape index (κ1) is 18.6. The van der Waals surface area contributed by atoms with Crippen molar-refractivity contribution in [1.29, 1.82) is 0 Å². The van der Waals surface area contributed by atoms with E-state index in [1.807, 2.05) is 0 Å². The second-order valence-corrected chi connectivity index (χ2v) is 7.71. The molecule has 0 bridgehead atoms. The van der Waals surface area contributed by atoms with Gasteiger partial charge in [0.2, 0.25) is 0 Å². The lowest BCUT2D eigenvalue weighted by Crippen LogP contribution is -2.48. The zero-order valence-electron chi connectivity index (χ0n) is 15.7. The first-order valence-corrected chi connectivity index (χ1v) is 9.43. The van der Waals surface area contributed by atoms with Crippen LogP contribution >= 0.6 is 0 Å². The number of ether oxygens (including phenoxy) is 2. The predicted molar refractivity (Wildman–Crippen MR) is 97.6 cm³/mol. The minimum absolute atomic E-state index is 0.270. The van der Waals surface area contributed by atoms with Gasteiger partial charge in [0.15, 0.2) is 0 Å². The normalized spacial score (nSPS) is 26.4. The molecule has 1 aromatic rings. The fourth-order valence-corrected chi connectivity index (χ4v) is 4.07. The molecule has 1 atom stereocenters. The van der Waals surface area contributed by atoms with Gasteiger partial charge in [0.25, 0.3) is 0 Å². The molecule has 2 aliphatic heterocycles. The Bertz CT molecular complexity index is 560. The van der Waals surface area contributed by atoms with Gasteiger partial charge in [-0.25, -0.2) is 4.39 Å². The van der Waals surface area contributed by atoms with Crippen molar-refractivity contribution in [1.82, 2.24) is 9.80 Å². The minimum Gasteiger partial charge on any atom is -0.490 e. The van der Waals surface area contributed by atoms with Crippen LogP contribution < -0.4 is 4.74 Å². The number of hydrogen-bond acceptors (Lipinski definition) is 4. The summed E-state index contributed by atoms with van der Waals surface area (Å²) in [5.41, 5.74) is -0.290. The Labute approximate surface area is 150 Å². The van der Waals surface area contributed by atoms with Gasteiger partial charge in [-0.15, -0.1) is 0 Å². The summed E-state index contributed by atoms with van der Waals surface area (Å²) in [6.45, 7) is 9.31. The standard InChI is InChI=1S/C20H31FN2O2/c1-16(2)22-10-7-18(8-11-22)23-12-9-20(14-23,24-3)15-25-19-6-4-5-17(21)13-19/h4-6,13,16,18H,7-12,14-15H2,1-3H3. The quantitative estimate of drug-likeness (QED) is 0.787. The number of nitrogens with zero attached hydrogens (tertiary/aromatic N) is 2. The first-order chi connectivity index (χ1) is 12.0. The molecule has 25 heavy (non-hydrogen) atoms. The van der Waals surface area contributed by atoms with E-state index >= 15 is 0 Å². The highest BCUT2D eigenvalue weighted by atomic mass is 19.1. The molecule has 2 heterocycles. The summed E-state index contributed by atoms with van der Waals surface area (Å²) >= 11 is 0. The fraction of sp³-hybridized carbons (Fsp3) is 0.700. The van der Waals surface area contributed by atoms with Crippen molar-refractivity contribution in [2.24, 2.45) is 0 Å². The molecule has 4 nitrogen and oxygen atoms in total. The van der Waals surface area contributed by atoms with Crippen molar-refractivity contribution in [3.05, 3.63) is 30.1 Å². The Balaban J connectivity index is 1.54. The fourth-order valence-electron chi connectivity index (χ4n) is 4.07. The van der Waals surface area contributed by atoms with E-state index in [0.717, 1.165) is 19.5 Å². The zero-order chi connectivity index (χ0) is 17.9. The Hall–Kier alpha value is -1.17. The smallest absolute Gasteiger partial charge is 0.126 e. The number of methoxy groups -OCH3 is 1. The lowest BCUT2D eigenvalue weighted by Gasteiger charge is -2.39. The van der Waals surface area contributed by atoms with Crippen molar-refractivity contribution in [3.63, 3.8) is 0 Å². The second-order valence-electron chi connectivity index (χ2n) is 7.71. The lowest BCUT2D eigenvalue weighted by molar-refractivity contribution is -0.0401. The highest BCUT2D eigenvalue weighted by Gasteiger charge is 2.42. The number of hydrogen-bond donors (Lipinski definition) is 0. The summed E-state index contributed by atoms with van der Waals surface area (Å²) in [4.78, 5) is 5.12. The second kappa shape index (κ2) is 8.02. The number of likely N-dealkylation sites (tertiary alicyclic amines) is 2. The molecule has 0 saturated carbocycles. The number of piperidine rings is 1. The van der Waals surface area contributed by atoms with Crippen LogP contribution in [0.3, 0.4) is 0 Å². The van der Waals surface area contributed by atoms with Crippen LogP contribution in [0, 0.1) is 5.82 Å². The molecule has 0 amide bonds. The summed E-state index contributed by atoms with van der Waals surface area (Å²) in [6.07, 6.45) is 3.41. The van der Waals surface area contributed by atoms with Gasteiger partial charge in [-0.2, -0.15) is 0 Å². The van der Waals surface area contributed by atoms with Crippen LogP contribution in [0.2, 0.25) is 0 Å². The first-order valence-electron chi connectivity index (χ1n) is 9.43. The van der Waals surface area contributed by atoms with Crippen LogP contribution in [0.5, 0.6) is 5.75 Å². The Kier molecular flexibility index (Phi) is 5.97. The Morgan fingerprint density at radius 2 is 2.00 bits per heavy atom. The zero-order valence-corrected chi connectivity index (χ0v) is 15.7. The van der Waals surface area contributed by atoms with Gasteiger partial charge in [-0.05, 0) is 58.3 Å². The van der Waals surface area contributed by atoms with Crippen LogP contribution in [0.1, 0.15) is 33.1 Å². The maximum Gasteiger partial charge on any atom is 0.126 e. The summed E-state index contributed by atoms with van der Waals surface area (Å²) in [5, 5.41) is 0. The van der Waals surface area contributed by atoms with E-state index in [1.54, 1.807) is 19.2 Å². The van der Waals surface area contributed by atoms with Crippen LogP contribution in [0.4, 0.5) is 4.39 Å². The van der Waals surface area contributed by atoms with Crippen molar-refractivity contribution in [2.75, 3.05) is 39.9 Å². The molecule has 0 aromatic heterocycles. The van der Waals surface area contributed by atoms with Crippen molar-refractivity contribution in [2.45, 2.75) is 50.8 Å². The van der Waals surface area contributed by atoms with Crippen LogP contribution in [0.15, 0.2) is 24.3 Å². The van der Waals surface area contributed by atoms with Gasteiger partial charge in [0.1, 0.15) is 23.8 Å². The highest BCUT2D eigenvalue weighted by Crippen LogP contribution is 2.30. The molecule has 0 radical (unpaired) electrons. The van der Waals surface area contributed by atoms with E-state index in [4.69, 9.17) is 9.47 Å². The molecule has 5 heteroatoms. The molecular formula is C20H31FN2O2. The van der Waals surface area contributed by atoms with Crippen molar-refractivity contribution < 1.29 is 13.9 Å². The van der Waals surface area contributed by atoms with E-state index in [-0.39, 0.29) is 11.4 Å². The largest absolute Gasteiger partial charge is 0.490 e. The Morgan fingerprint density at radius 1 is 1.24 bits per heavy atom. The highest BCUT2D eigenvalue weighted by molar-refractivity contribution is 5.22. The molecule has 2 fully saturated rings. The molecule has 2 aliphatic rings. The average molecular weight is 350 g/mol. The van der Waals surface area contributed by atoms with Gasteiger partial charge in [0, 0.05) is 38.3 Å². The SMILES string of the molecule is COC1(COc2cccc(F)c2)CCN(C2CCN(C(C)C)CC2)C1. The number of halogens is 1. The lowest BCUT2D eigenvalue weighted by atomic mass is 10.0. The van der Waals surface area contributed by atoms with Gasteiger partial charge >= 0.3 is 0 Å². The van der Waals surface area contributed by atoms with Gasteiger partial charge in [-0.3, -0.25) is 4.90 Å². The summed E-state index contributed by atoms with van der Waals surface area (Å²) in [6, 6.07) is 7.60. The molecule has 0 aliphatic carbocycles. The summed E-state index contributed by atoms with van der Waals surface area (Å²) in [7, 11) is 1.76. The summed E-state index contributed by atoms with van der Waals surface area (Å²) in [5.74, 6) is 0.300. The van der Waals surface area contributed by atoms with E-state index < -0.39 is 0 Å². The average Bonchev–Trinajstić information content (AvgIpc) is 3.05. The Morgan fingerprint density at radius 3 is 2.64 bits per heavy atom. The van der Waals surface area contributed by atoms with E-state index in [1.165, 1.54) is 38.1 Å². The molecule has 0 N–H and O–H groups in total. The topological polar surface area (TPSA) is 24.9 Å². The molecule has 0 spiro atoms. The van der Waals surface area contributed by atoms with Gasteiger partial charge in [-0.1, -0.05) is 6.07 Å². The minimum atomic E-state index is -0.290. The molecule has 3 rings (SSSR count). The van der Waals surface area contributed by atoms with Gasteiger partial charge in [0.05, 0.1) is 0 Å². The van der Waals surface area contributed by atoms with E-state index in [2.05, 4.69) is 23.6 Å². The maximum atomic E-state index is 13.3. The third kappa shape index (κ3) is 4.52. The van der Waals surface area contributed by atoms with Crippen LogP contribution in [0.25, 0.3) is 0 Å². The summed E-state index contributed by atoms with van der Waals surface area (Å²) < 4.78 is 25.0. The number of benzene rings is 1. The van der Waals surface area contributed by atoms with Crippen LogP contribution in [-0.4, -0.2) is 67.4 Å². The third-order valence-corrected chi connectivity index (χ3v) is 5.82. The van der Waals surface area contributed by atoms with Crippen LogP contribution in [-0.2, 0) is 4.74 Å². The van der Waals surface area contributed by atoms with E-state index in [9.17, 15) is 4.39 Å². The maximum absolute atomic E-state index is 13.3. The third-order valence-electron chi connectivity index (χ3n) is 5.82. The van der Waals surface area contributed by atoms with Crippen molar-refractivity contribution >= 4 is 0 Å². The number of rotatable bonds is 6. The molecule has 1 unspecified atom stereocenters. The molecule has 140 valence electrons. The van der Waals surface area contributed by atoms with E-state index in [0.29, 0.717) is 24.4 Å². The predicted octanol–water partition coefficient (Wildman–Crippen LogP) is 3.17. The molecule has 2 saturated heterocycles. The van der Waals surface area contributed by atoms with Crippen molar-refractivity contribution in [3.8, 4) is 5.75 Å². The van der Waals surface area contributed by atoms with Gasteiger partial charge < -0.3 is 14.4 Å². The molecular weight excluding hydrogens is 319 g/mol. The molecule has 1 aromatic carbocycles. The monoisotopic (exact) mass is 350 g/mol.